The van der Waals surface area contributed by atoms with Gasteiger partial charge in [-0.15, -0.1) is 0 Å². The summed E-state index contributed by atoms with van der Waals surface area (Å²) < 4.78 is 28.3. The van der Waals surface area contributed by atoms with Crippen molar-refractivity contribution in [2.75, 3.05) is 18.5 Å². The first kappa shape index (κ1) is 15.2. The van der Waals surface area contributed by atoms with Gasteiger partial charge in [-0.05, 0) is 49.4 Å². The van der Waals surface area contributed by atoms with E-state index in [9.17, 15) is 8.78 Å². The second-order valence-corrected chi connectivity index (χ2v) is 6.13. The number of hydrogen-bond acceptors (Lipinski definition) is 2. The molecule has 2 rings (SSSR count). The van der Waals surface area contributed by atoms with Crippen molar-refractivity contribution in [1.29, 1.82) is 0 Å². The zero-order valence-corrected chi connectivity index (χ0v) is 12.5. The van der Waals surface area contributed by atoms with Crippen molar-refractivity contribution < 1.29 is 8.78 Å². The predicted molar refractivity (Wildman–Crippen MR) is 78.9 cm³/mol. The lowest BCUT2D eigenvalue weighted by atomic mass is 9.91. The first-order valence-electron chi connectivity index (χ1n) is 7.40. The second-order valence-electron chi connectivity index (χ2n) is 6.13. The number of nitrogens with one attached hydrogen (secondary N) is 1. The molecule has 0 heterocycles. The van der Waals surface area contributed by atoms with Crippen LogP contribution in [0.25, 0.3) is 0 Å². The average molecular weight is 282 g/mol. The normalized spacial score (nSPS) is 15.5. The molecule has 0 radical (unpaired) electrons. The topological polar surface area (TPSA) is 15.3 Å². The first-order chi connectivity index (χ1) is 9.49. The second kappa shape index (κ2) is 6.53. The molecule has 0 atom stereocenters. The van der Waals surface area contributed by atoms with E-state index in [1.807, 2.05) is 0 Å². The highest BCUT2D eigenvalue weighted by atomic mass is 19.1. The van der Waals surface area contributed by atoms with Gasteiger partial charge in [-0.2, -0.15) is 0 Å². The first-order valence-corrected chi connectivity index (χ1v) is 7.40. The van der Waals surface area contributed by atoms with Gasteiger partial charge < -0.3 is 10.2 Å². The molecular weight excluding hydrogens is 258 g/mol. The van der Waals surface area contributed by atoms with Crippen molar-refractivity contribution >= 4 is 5.69 Å². The summed E-state index contributed by atoms with van der Waals surface area (Å²) in [4.78, 5) is 1.75. The molecule has 0 aromatic heterocycles. The average Bonchev–Trinajstić information content (AvgIpc) is 2.24. The van der Waals surface area contributed by atoms with E-state index in [1.54, 1.807) is 11.9 Å². The summed E-state index contributed by atoms with van der Waals surface area (Å²) in [5.41, 5.74) is 0.772. The largest absolute Gasteiger partial charge is 0.367 e. The fraction of sp³-hybridized carbons (Fsp3) is 0.625. The van der Waals surface area contributed by atoms with E-state index in [2.05, 4.69) is 19.2 Å². The summed E-state index contributed by atoms with van der Waals surface area (Å²) in [6.07, 6.45) is 3.19. The molecular formula is C16H24F2N2. The summed E-state index contributed by atoms with van der Waals surface area (Å²) >= 11 is 0. The zero-order valence-electron chi connectivity index (χ0n) is 12.5. The Bertz CT molecular complexity index is 433. The Kier molecular flexibility index (Phi) is 4.97. The van der Waals surface area contributed by atoms with E-state index in [0.29, 0.717) is 18.0 Å². The van der Waals surface area contributed by atoms with Crippen LogP contribution < -0.4 is 10.2 Å². The molecule has 1 aromatic carbocycles. The minimum absolute atomic E-state index is 0.113. The highest BCUT2D eigenvalue weighted by Gasteiger charge is 2.26. The van der Waals surface area contributed by atoms with E-state index < -0.39 is 11.6 Å². The number of anilines is 1. The lowest BCUT2D eigenvalue weighted by molar-refractivity contribution is 0.393. The van der Waals surface area contributed by atoms with Crippen molar-refractivity contribution in [1.82, 2.24) is 5.32 Å². The maximum Gasteiger partial charge on any atom is 0.149 e. The molecule has 0 spiro atoms. The molecule has 2 nitrogen and oxygen atoms in total. The van der Waals surface area contributed by atoms with Crippen LogP contribution in [0, 0.1) is 17.6 Å². The number of rotatable bonds is 6. The lowest BCUT2D eigenvalue weighted by Crippen LogP contribution is -2.38. The van der Waals surface area contributed by atoms with Crippen LogP contribution in [0.15, 0.2) is 12.1 Å². The van der Waals surface area contributed by atoms with Gasteiger partial charge in [0, 0.05) is 19.6 Å². The Balaban J connectivity index is 2.07. The molecule has 1 fully saturated rings. The monoisotopic (exact) mass is 282 g/mol. The third kappa shape index (κ3) is 3.48. The van der Waals surface area contributed by atoms with Gasteiger partial charge in [0.1, 0.15) is 17.3 Å². The van der Waals surface area contributed by atoms with Gasteiger partial charge in [-0.3, -0.25) is 0 Å². The van der Waals surface area contributed by atoms with E-state index in [4.69, 9.17) is 0 Å². The van der Waals surface area contributed by atoms with Gasteiger partial charge in [-0.1, -0.05) is 13.8 Å². The van der Waals surface area contributed by atoms with Crippen LogP contribution in [0.1, 0.15) is 38.7 Å². The highest BCUT2D eigenvalue weighted by Crippen LogP contribution is 2.32. The summed E-state index contributed by atoms with van der Waals surface area (Å²) in [6, 6.07) is 3.17. The summed E-state index contributed by atoms with van der Waals surface area (Å²) in [7, 11) is 1.78. The Hall–Kier alpha value is -1.16. The van der Waals surface area contributed by atoms with Crippen molar-refractivity contribution in [2.24, 2.45) is 5.92 Å². The summed E-state index contributed by atoms with van der Waals surface area (Å²) in [5.74, 6) is -0.393. The highest BCUT2D eigenvalue weighted by molar-refractivity contribution is 5.51. The van der Waals surface area contributed by atoms with Crippen molar-refractivity contribution in [2.45, 2.75) is 45.7 Å². The molecule has 1 saturated carbocycles. The summed E-state index contributed by atoms with van der Waals surface area (Å²) in [6.45, 7) is 5.54. The minimum Gasteiger partial charge on any atom is -0.367 e. The molecule has 1 aromatic rings. The van der Waals surface area contributed by atoms with Crippen molar-refractivity contribution in [3.8, 4) is 0 Å². The van der Waals surface area contributed by atoms with Crippen molar-refractivity contribution in [3.05, 3.63) is 29.3 Å². The van der Waals surface area contributed by atoms with E-state index in [-0.39, 0.29) is 11.7 Å². The van der Waals surface area contributed by atoms with Gasteiger partial charge in [0.2, 0.25) is 0 Å². The summed E-state index contributed by atoms with van der Waals surface area (Å²) in [5, 5.41) is 3.20. The maximum absolute atomic E-state index is 14.2. The van der Waals surface area contributed by atoms with Crippen LogP contribution in [0.5, 0.6) is 0 Å². The van der Waals surface area contributed by atoms with Gasteiger partial charge in [0.25, 0.3) is 0 Å². The van der Waals surface area contributed by atoms with E-state index >= 15 is 0 Å². The van der Waals surface area contributed by atoms with Crippen LogP contribution in [0.3, 0.4) is 0 Å². The van der Waals surface area contributed by atoms with Crippen LogP contribution in [-0.2, 0) is 6.54 Å². The van der Waals surface area contributed by atoms with Crippen LogP contribution in [0.4, 0.5) is 14.5 Å². The third-order valence-electron chi connectivity index (χ3n) is 3.93. The predicted octanol–water partition coefficient (Wildman–Crippen LogP) is 3.70. The zero-order chi connectivity index (χ0) is 14.7. The Morgan fingerprint density at radius 2 is 1.85 bits per heavy atom. The maximum atomic E-state index is 14.2. The Labute approximate surface area is 120 Å². The molecule has 0 saturated heterocycles. The minimum atomic E-state index is -0.458. The van der Waals surface area contributed by atoms with Gasteiger partial charge in [-0.25, -0.2) is 8.78 Å². The number of benzene rings is 1. The molecule has 0 bridgehead atoms. The number of halogens is 2. The van der Waals surface area contributed by atoms with Crippen LogP contribution in [0.2, 0.25) is 0 Å². The fourth-order valence-electron chi connectivity index (χ4n) is 2.52. The third-order valence-corrected chi connectivity index (χ3v) is 3.93. The van der Waals surface area contributed by atoms with E-state index in [1.165, 1.54) is 12.1 Å². The molecule has 112 valence electrons. The molecule has 1 aliphatic rings. The van der Waals surface area contributed by atoms with Gasteiger partial charge in [0.15, 0.2) is 0 Å². The molecule has 0 aliphatic heterocycles. The van der Waals surface area contributed by atoms with Crippen molar-refractivity contribution in [3.63, 3.8) is 0 Å². The number of hydrogen-bond donors (Lipinski definition) is 1. The molecule has 20 heavy (non-hydrogen) atoms. The van der Waals surface area contributed by atoms with Crippen LogP contribution in [-0.4, -0.2) is 19.6 Å². The molecule has 1 aliphatic carbocycles. The Morgan fingerprint density at radius 3 is 2.30 bits per heavy atom. The van der Waals surface area contributed by atoms with E-state index in [0.717, 1.165) is 25.8 Å². The Morgan fingerprint density at radius 1 is 1.25 bits per heavy atom. The number of nitrogens with zero attached hydrogens (tertiary/aromatic N) is 1. The van der Waals surface area contributed by atoms with Gasteiger partial charge in [0.05, 0.1) is 0 Å². The molecule has 0 unspecified atom stereocenters. The lowest BCUT2D eigenvalue weighted by Gasteiger charge is -2.36. The smallest absolute Gasteiger partial charge is 0.149 e. The fourth-order valence-corrected chi connectivity index (χ4v) is 2.52. The van der Waals surface area contributed by atoms with Gasteiger partial charge >= 0.3 is 0 Å². The van der Waals surface area contributed by atoms with Crippen LogP contribution >= 0.6 is 0 Å². The molecule has 1 N–H and O–H groups in total. The molecule has 0 amide bonds. The standard InChI is InChI=1S/C16H24F2N2/c1-11(2)9-19-10-12-7-14(17)16(15(18)8-12)20(3)13-5-4-6-13/h7-8,11,13,19H,4-6,9-10H2,1-3H3. The SMILES string of the molecule is CC(C)CNCc1cc(F)c(N(C)C2CCC2)c(F)c1. The molecule has 4 heteroatoms. The quantitative estimate of drug-likeness (QED) is 0.856.